The van der Waals surface area contributed by atoms with E-state index < -0.39 is 11.7 Å². The molecule has 0 aliphatic rings. The molecule has 0 aliphatic carbocycles. The van der Waals surface area contributed by atoms with Gasteiger partial charge in [-0.1, -0.05) is 68.6 Å². The monoisotopic (exact) mass is 635 g/mol. The van der Waals surface area contributed by atoms with Crippen LogP contribution in [0.3, 0.4) is 0 Å². The fraction of sp³-hybridized carbons (Fsp3) is 0.393. The molecule has 0 saturated carbocycles. The van der Waals surface area contributed by atoms with Crippen LogP contribution in [0.1, 0.15) is 47.9 Å². The molecule has 0 spiro atoms. The van der Waals surface area contributed by atoms with Crippen LogP contribution >= 0.6 is 31.9 Å². The van der Waals surface area contributed by atoms with Crippen LogP contribution in [0.5, 0.6) is 5.75 Å². The van der Waals surface area contributed by atoms with E-state index in [0.717, 1.165) is 40.2 Å². The number of halogens is 2. The molecule has 37 heavy (non-hydrogen) atoms. The molecule has 0 radical (unpaired) electrons. The number of alkyl carbamates (subject to hydrolysis) is 1. The molecule has 1 heterocycles. The molecule has 1 N–H and O–H groups in total. The van der Waals surface area contributed by atoms with Crippen LogP contribution in [0, 0.1) is 13.8 Å². The lowest BCUT2D eigenvalue weighted by molar-refractivity contribution is -0.134. The van der Waals surface area contributed by atoms with E-state index in [1.807, 2.05) is 43.3 Å². The van der Waals surface area contributed by atoms with E-state index in [0.29, 0.717) is 36.3 Å². The second-order valence-electron chi connectivity index (χ2n) is 8.84. The Hall–Kier alpha value is -2.65. The minimum atomic E-state index is -0.460. The first-order chi connectivity index (χ1) is 17.8. The maximum atomic E-state index is 12.7. The summed E-state index contributed by atoms with van der Waals surface area (Å²) in [5.74, 6) is 0.0957. The van der Waals surface area contributed by atoms with Crippen LogP contribution in [0.15, 0.2) is 51.7 Å². The minimum absolute atomic E-state index is 0.143. The lowest BCUT2D eigenvalue weighted by Crippen LogP contribution is -2.25. The summed E-state index contributed by atoms with van der Waals surface area (Å²) < 4.78 is 16.4. The predicted molar refractivity (Wildman–Crippen MR) is 151 cm³/mol. The number of carbonyl (C=O) groups is 2. The SMILES string of the molecule is Cc1cc(=O)oc2c(C)c(OC(=O)CCCCCNC(=O)OCc3ccccc3)c(C[C@H](Br)CBr)cc12. The van der Waals surface area contributed by atoms with Gasteiger partial charge in [0.2, 0.25) is 0 Å². The standard InChI is InChI=1S/C28H31Br2NO6/c1-18-13-25(33)37-27-19(2)26(21(15-23(18)27)14-22(30)16-29)36-24(32)11-7-4-8-12-31-28(34)35-17-20-9-5-3-6-10-20/h3,5-6,9-10,13,15,22H,4,7-8,11-12,14,16-17H2,1-2H3,(H,31,34)/t22-/m0/s1. The topological polar surface area (TPSA) is 94.8 Å². The molecule has 0 aliphatic heterocycles. The molecule has 2 aromatic carbocycles. The summed E-state index contributed by atoms with van der Waals surface area (Å²) in [5.41, 5.74) is 3.25. The Bertz CT molecular complexity index is 1280. The summed E-state index contributed by atoms with van der Waals surface area (Å²) in [6.07, 6.45) is 2.50. The van der Waals surface area contributed by atoms with Crippen molar-refractivity contribution in [2.24, 2.45) is 0 Å². The van der Waals surface area contributed by atoms with Gasteiger partial charge in [-0.3, -0.25) is 4.79 Å². The number of nitrogens with one attached hydrogen (secondary N) is 1. The zero-order valence-electron chi connectivity index (χ0n) is 21.0. The zero-order chi connectivity index (χ0) is 26.8. The highest BCUT2D eigenvalue weighted by molar-refractivity contribution is 9.12. The Morgan fingerprint density at radius 3 is 2.57 bits per heavy atom. The average molecular weight is 637 g/mol. The molecule has 0 unspecified atom stereocenters. The zero-order valence-corrected chi connectivity index (χ0v) is 24.2. The fourth-order valence-electron chi connectivity index (χ4n) is 3.95. The first-order valence-corrected chi connectivity index (χ1v) is 14.2. The van der Waals surface area contributed by atoms with Gasteiger partial charge >= 0.3 is 17.7 Å². The molecular weight excluding hydrogens is 606 g/mol. The van der Waals surface area contributed by atoms with Gasteiger partial charge in [-0.25, -0.2) is 9.59 Å². The lowest BCUT2D eigenvalue weighted by Gasteiger charge is -2.17. The summed E-state index contributed by atoms with van der Waals surface area (Å²) in [6.45, 7) is 4.36. The van der Waals surface area contributed by atoms with Crippen LogP contribution in [0.25, 0.3) is 11.0 Å². The van der Waals surface area contributed by atoms with Crippen molar-refractivity contribution < 1.29 is 23.5 Å². The molecular formula is C28H31Br2NO6. The number of benzene rings is 2. The van der Waals surface area contributed by atoms with Crippen molar-refractivity contribution in [3.63, 3.8) is 0 Å². The van der Waals surface area contributed by atoms with E-state index in [4.69, 9.17) is 13.9 Å². The van der Waals surface area contributed by atoms with Crippen molar-refractivity contribution in [1.82, 2.24) is 5.32 Å². The number of carbonyl (C=O) groups excluding carboxylic acids is 2. The van der Waals surface area contributed by atoms with Gasteiger partial charge in [0, 0.05) is 40.1 Å². The summed E-state index contributed by atoms with van der Waals surface area (Å²) in [4.78, 5) is 36.6. The first kappa shape index (κ1) is 28.9. The normalized spacial score (nSPS) is 11.8. The second kappa shape index (κ2) is 14.3. The van der Waals surface area contributed by atoms with Crippen LogP contribution in [-0.2, 0) is 22.6 Å². The molecule has 1 atom stereocenters. The highest BCUT2D eigenvalue weighted by Crippen LogP contribution is 2.34. The number of alkyl halides is 2. The number of unbranched alkanes of at least 4 members (excludes halogenated alkanes) is 2. The Morgan fingerprint density at radius 2 is 1.84 bits per heavy atom. The van der Waals surface area contributed by atoms with Gasteiger partial charge in [0.25, 0.3) is 0 Å². The molecule has 0 bridgehead atoms. The van der Waals surface area contributed by atoms with Gasteiger partial charge in [-0.05, 0) is 55.9 Å². The summed E-state index contributed by atoms with van der Waals surface area (Å²) >= 11 is 7.11. The highest BCUT2D eigenvalue weighted by Gasteiger charge is 2.20. The number of amides is 1. The molecule has 7 nitrogen and oxygen atoms in total. The number of fused-ring (bicyclic) bond motifs is 1. The van der Waals surface area contributed by atoms with E-state index in [1.165, 1.54) is 6.07 Å². The summed E-state index contributed by atoms with van der Waals surface area (Å²) in [5, 5.41) is 4.28. The predicted octanol–water partition coefficient (Wildman–Crippen LogP) is 6.50. The Labute approximate surface area is 233 Å². The number of hydrogen-bond donors (Lipinski definition) is 1. The highest BCUT2D eigenvalue weighted by atomic mass is 79.9. The third kappa shape index (κ3) is 8.71. The van der Waals surface area contributed by atoms with Crippen LogP contribution in [0.4, 0.5) is 4.79 Å². The smallest absolute Gasteiger partial charge is 0.407 e. The summed E-state index contributed by atoms with van der Waals surface area (Å²) in [6, 6.07) is 12.9. The molecule has 0 fully saturated rings. The van der Waals surface area contributed by atoms with Crippen LogP contribution < -0.4 is 15.7 Å². The fourth-order valence-corrected chi connectivity index (χ4v) is 4.53. The Kier molecular flexibility index (Phi) is 11.2. The van der Waals surface area contributed by atoms with Crippen LogP contribution in [0.2, 0.25) is 0 Å². The quantitative estimate of drug-likeness (QED) is 0.0801. The number of hydrogen-bond acceptors (Lipinski definition) is 6. The Balaban J connectivity index is 1.51. The number of rotatable bonds is 12. The maximum Gasteiger partial charge on any atom is 0.407 e. The van der Waals surface area contributed by atoms with E-state index in [9.17, 15) is 14.4 Å². The van der Waals surface area contributed by atoms with Crippen LogP contribution in [-0.4, -0.2) is 28.8 Å². The Morgan fingerprint density at radius 1 is 1.08 bits per heavy atom. The molecule has 1 amide bonds. The number of ether oxygens (including phenoxy) is 2. The number of esters is 1. The third-order valence-electron chi connectivity index (χ3n) is 5.86. The molecule has 9 heteroatoms. The van der Waals surface area contributed by atoms with Crippen molar-refractivity contribution in [1.29, 1.82) is 0 Å². The van der Waals surface area contributed by atoms with E-state index >= 15 is 0 Å². The van der Waals surface area contributed by atoms with Crippen molar-refractivity contribution in [2.45, 2.75) is 57.4 Å². The van der Waals surface area contributed by atoms with Gasteiger partial charge in [0.1, 0.15) is 17.9 Å². The van der Waals surface area contributed by atoms with E-state index in [2.05, 4.69) is 37.2 Å². The second-order valence-corrected chi connectivity index (χ2v) is 10.8. The van der Waals surface area contributed by atoms with E-state index in [-0.39, 0.29) is 23.8 Å². The third-order valence-corrected chi connectivity index (χ3v) is 8.16. The molecule has 3 rings (SSSR count). The van der Waals surface area contributed by atoms with Gasteiger partial charge in [0.15, 0.2) is 0 Å². The van der Waals surface area contributed by atoms with Gasteiger partial charge in [-0.15, -0.1) is 0 Å². The van der Waals surface area contributed by atoms with Crippen molar-refractivity contribution in [3.05, 3.63) is 75.1 Å². The van der Waals surface area contributed by atoms with Gasteiger partial charge < -0.3 is 19.2 Å². The summed E-state index contributed by atoms with van der Waals surface area (Å²) in [7, 11) is 0. The molecule has 0 saturated heterocycles. The molecule has 1 aromatic heterocycles. The van der Waals surface area contributed by atoms with Gasteiger partial charge in [0.05, 0.1) is 0 Å². The number of aryl methyl sites for hydroxylation is 2. The first-order valence-electron chi connectivity index (χ1n) is 12.2. The van der Waals surface area contributed by atoms with Crippen molar-refractivity contribution in [3.8, 4) is 5.75 Å². The lowest BCUT2D eigenvalue weighted by atomic mass is 9.99. The molecule has 3 aromatic rings. The maximum absolute atomic E-state index is 12.7. The minimum Gasteiger partial charge on any atom is -0.445 e. The average Bonchev–Trinajstić information content (AvgIpc) is 2.88. The largest absolute Gasteiger partial charge is 0.445 e. The van der Waals surface area contributed by atoms with Gasteiger partial charge in [-0.2, -0.15) is 0 Å². The van der Waals surface area contributed by atoms with Crippen molar-refractivity contribution in [2.75, 3.05) is 11.9 Å². The molecule has 198 valence electrons. The van der Waals surface area contributed by atoms with Crippen molar-refractivity contribution >= 4 is 54.9 Å². The van der Waals surface area contributed by atoms with E-state index in [1.54, 1.807) is 6.92 Å².